The normalized spacial score (nSPS) is 11.6. The van der Waals surface area contributed by atoms with Crippen molar-refractivity contribution >= 4 is 22.0 Å². The Kier molecular flexibility index (Phi) is 6.47. The van der Waals surface area contributed by atoms with Crippen LogP contribution in [-0.2, 0) is 6.42 Å². The average Bonchev–Trinajstić information content (AvgIpc) is 2.56. The number of methoxy groups -OCH3 is 1. The molecule has 0 saturated carbocycles. The lowest BCUT2D eigenvalue weighted by Crippen LogP contribution is -2.38. The van der Waals surface area contributed by atoms with Gasteiger partial charge in [-0.05, 0) is 42.7 Å². The Bertz CT molecular complexity index is 644. The zero-order chi connectivity index (χ0) is 16.7. The van der Waals surface area contributed by atoms with Crippen LogP contribution in [-0.4, -0.2) is 19.7 Å². The molecule has 0 fully saturated rings. The summed E-state index contributed by atoms with van der Waals surface area (Å²) >= 11 is 3.51. The van der Waals surface area contributed by atoms with E-state index in [-0.39, 0.29) is 12.1 Å². The number of benzene rings is 2. The Balaban J connectivity index is 1.78. The summed E-state index contributed by atoms with van der Waals surface area (Å²) in [6.07, 6.45) is 0.783. The van der Waals surface area contributed by atoms with Crippen molar-refractivity contribution in [3.63, 3.8) is 0 Å². The van der Waals surface area contributed by atoms with Gasteiger partial charge in [0, 0.05) is 11.0 Å². The van der Waals surface area contributed by atoms with E-state index >= 15 is 0 Å². The highest BCUT2D eigenvalue weighted by Crippen LogP contribution is 2.17. The largest absolute Gasteiger partial charge is 0.497 e. The highest BCUT2D eigenvalue weighted by Gasteiger charge is 2.09. The third kappa shape index (κ3) is 5.28. The van der Waals surface area contributed by atoms with E-state index in [1.165, 1.54) is 5.56 Å². The molecule has 0 bridgehead atoms. The van der Waals surface area contributed by atoms with Crippen LogP contribution in [0.3, 0.4) is 0 Å². The standard InChI is InChI=1S/C18H21BrN2O2/c1-13(14-7-9-16(23-2)10-8-14)21-18(22)20-12-11-15-5-3-4-6-17(15)19/h3-10,13H,11-12H2,1-2H3,(H2,20,21,22). The van der Waals surface area contributed by atoms with E-state index in [1.54, 1.807) is 7.11 Å². The van der Waals surface area contributed by atoms with Crippen LogP contribution in [0, 0.1) is 0 Å². The van der Waals surface area contributed by atoms with Crippen molar-refractivity contribution in [2.24, 2.45) is 0 Å². The molecule has 0 spiro atoms. The molecule has 0 heterocycles. The zero-order valence-corrected chi connectivity index (χ0v) is 14.9. The summed E-state index contributed by atoms with van der Waals surface area (Å²) in [6, 6.07) is 15.5. The predicted octanol–water partition coefficient (Wildman–Crippen LogP) is 4.06. The van der Waals surface area contributed by atoms with Gasteiger partial charge in [0.1, 0.15) is 5.75 Å². The summed E-state index contributed by atoms with van der Waals surface area (Å²) in [6.45, 7) is 2.54. The predicted molar refractivity (Wildman–Crippen MR) is 95.8 cm³/mol. The van der Waals surface area contributed by atoms with E-state index in [2.05, 4.69) is 26.6 Å². The van der Waals surface area contributed by atoms with Gasteiger partial charge in [-0.25, -0.2) is 4.79 Å². The summed E-state index contributed by atoms with van der Waals surface area (Å²) in [5.74, 6) is 0.804. The smallest absolute Gasteiger partial charge is 0.315 e. The third-order valence-electron chi connectivity index (χ3n) is 3.60. The number of hydrogen-bond donors (Lipinski definition) is 2. The first-order valence-electron chi connectivity index (χ1n) is 7.52. The van der Waals surface area contributed by atoms with Crippen LogP contribution in [0.1, 0.15) is 24.1 Å². The number of carbonyl (C=O) groups is 1. The number of rotatable bonds is 6. The van der Waals surface area contributed by atoms with Crippen molar-refractivity contribution in [1.82, 2.24) is 10.6 Å². The summed E-state index contributed by atoms with van der Waals surface area (Å²) in [4.78, 5) is 12.0. The van der Waals surface area contributed by atoms with Gasteiger partial charge in [-0.15, -0.1) is 0 Å². The lowest BCUT2D eigenvalue weighted by molar-refractivity contribution is 0.238. The quantitative estimate of drug-likeness (QED) is 0.798. The van der Waals surface area contributed by atoms with Crippen molar-refractivity contribution in [2.45, 2.75) is 19.4 Å². The molecule has 0 aliphatic rings. The second kappa shape index (κ2) is 8.58. The van der Waals surface area contributed by atoms with Crippen LogP contribution >= 0.6 is 15.9 Å². The van der Waals surface area contributed by atoms with Crippen molar-refractivity contribution in [3.8, 4) is 5.75 Å². The maximum atomic E-state index is 12.0. The topological polar surface area (TPSA) is 50.4 Å². The SMILES string of the molecule is COc1ccc(C(C)NC(=O)NCCc2ccccc2Br)cc1. The van der Waals surface area contributed by atoms with Gasteiger partial charge >= 0.3 is 6.03 Å². The summed E-state index contributed by atoms with van der Waals surface area (Å²) in [5, 5.41) is 5.82. The number of ether oxygens (including phenoxy) is 1. The molecular weight excluding hydrogens is 356 g/mol. The van der Waals surface area contributed by atoms with Crippen LogP contribution in [0.25, 0.3) is 0 Å². The molecule has 5 heteroatoms. The minimum Gasteiger partial charge on any atom is -0.497 e. The molecule has 2 rings (SSSR count). The Labute approximate surface area is 145 Å². The number of carbonyl (C=O) groups excluding carboxylic acids is 1. The van der Waals surface area contributed by atoms with E-state index < -0.39 is 0 Å². The second-order valence-corrected chi connectivity index (χ2v) is 6.09. The molecule has 2 N–H and O–H groups in total. The number of amides is 2. The molecule has 1 unspecified atom stereocenters. The lowest BCUT2D eigenvalue weighted by Gasteiger charge is -2.15. The second-order valence-electron chi connectivity index (χ2n) is 5.24. The number of hydrogen-bond acceptors (Lipinski definition) is 2. The van der Waals surface area contributed by atoms with Crippen LogP contribution in [0.15, 0.2) is 53.0 Å². The Morgan fingerprint density at radius 2 is 1.87 bits per heavy atom. The van der Waals surface area contributed by atoms with E-state index in [4.69, 9.17) is 4.74 Å². The minimum absolute atomic E-state index is 0.0654. The van der Waals surface area contributed by atoms with Crippen molar-refractivity contribution < 1.29 is 9.53 Å². The molecule has 2 aromatic carbocycles. The zero-order valence-electron chi connectivity index (χ0n) is 13.3. The van der Waals surface area contributed by atoms with E-state index in [0.29, 0.717) is 6.54 Å². The highest BCUT2D eigenvalue weighted by molar-refractivity contribution is 9.10. The van der Waals surface area contributed by atoms with Gasteiger partial charge in [0.2, 0.25) is 0 Å². The molecule has 0 aromatic heterocycles. The van der Waals surface area contributed by atoms with Gasteiger partial charge < -0.3 is 15.4 Å². The summed E-state index contributed by atoms with van der Waals surface area (Å²) in [5.41, 5.74) is 2.21. The number of urea groups is 1. The average molecular weight is 377 g/mol. The molecule has 1 atom stereocenters. The van der Waals surface area contributed by atoms with E-state index in [0.717, 1.165) is 22.2 Å². The number of nitrogens with one attached hydrogen (secondary N) is 2. The molecular formula is C18H21BrN2O2. The van der Waals surface area contributed by atoms with Crippen LogP contribution in [0.2, 0.25) is 0 Å². The van der Waals surface area contributed by atoms with Gasteiger partial charge in [-0.3, -0.25) is 0 Å². The van der Waals surface area contributed by atoms with Gasteiger partial charge in [0.25, 0.3) is 0 Å². The molecule has 0 aliphatic heterocycles. The molecule has 0 aliphatic carbocycles. The van der Waals surface area contributed by atoms with Gasteiger partial charge in [-0.2, -0.15) is 0 Å². The third-order valence-corrected chi connectivity index (χ3v) is 4.37. The molecule has 122 valence electrons. The molecule has 2 amide bonds. The van der Waals surface area contributed by atoms with E-state index in [1.807, 2.05) is 55.5 Å². The van der Waals surface area contributed by atoms with Crippen molar-refractivity contribution in [3.05, 3.63) is 64.1 Å². The Morgan fingerprint density at radius 1 is 1.17 bits per heavy atom. The monoisotopic (exact) mass is 376 g/mol. The van der Waals surface area contributed by atoms with E-state index in [9.17, 15) is 4.79 Å². The first kappa shape index (κ1) is 17.3. The van der Waals surface area contributed by atoms with Crippen molar-refractivity contribution in [1.29, 1.82) is 0 Å². The summed E-state index contributed by atoms with van der Waals surface area (Å²) in [7, 11) is 1.63. The minimum atomic E-state index is -0.166. The molecule has 0 radical (unpaired) electrons. The Morgan fingerprint density at radius 3 is 2.52 bits per heavy atom. The van der Waals surface area contributed by atoms with Crippen LogP contribution < -0.4 is 15.4 Å². The van der Waals surface area contributed by atoms with Gasteiger partial charge in [0.05, 0.1) is 13.2 Å². The van der Waals surface area contributed by atoms with Crippen molar-refractivity contribution in [2.75, 3.05) is 13.7 Å². The number of halogens is 1. The maximum absolute atomic E-state index is 12.0. The lowest BCUT2D eigenvalue weighted by atomic mass is 10.1. The fraction of sp³-hybridized carbons (Fsp3) is 0.278. The fourth-order valence-electron chi connectivity index (χ4n) is 2.24. The van der Waals surface area contributed by atoms with Gasteiger partial charge in [-0.1, -0.05) is 46.3 Å². The maximum Gasteiger partial charge on any atom is 0.315 e. The summed E-state index contributed by atoms with van der Waals surface area (Å²) < 4.78 is 6.19. The molecule has 4 nitrogen and oxygen atoms in total. The molecule has 2 aromatic rings. The van der Waals surface area contributed by atoms with Crippen LogP contribution in [0.5, 0.6) is 5.75 Å². The molecule has 0 saturated heterocycles. The fourth-order valence-corrected chi connectivity index (χ4v) is 2.72. The first-order chi connectivity index (χ1) is 11.1. The molecule has 23 heavy (non-hydrogen) atoms. The van der Waals surface area contributed by atoms with Crippen LogP contribution in [0.4, 0.5) is 4.79 Å². The first-order valence-corrected chi connectivity index (χ1v) is 8.31. The highest BCUT2D eigenvalue weighted by atomic mass is 79.9. The Hall–Kier alpha value is -2.01. The van der Waals surface area contributed by atoms with Gasteiger partial charge in [0.15, 0.2) is 0 Å².